The van der Waals surface area contributed by atoms with Crippen LogP contribution in [0.15, 0.2) is 200 Å². The number of benzene rings is 7. The first kappa shape index (κ1) is 32.6. The van der Waals surface area contributed by atoms with Gasteiger partial charge in [-0.2, -0.15) is 0 Å². The lowest BCUT2D eigenvalue weighted by molar-refractivity contribution is 1.18. The van der Waals surface area contributed by atoms with Crippen LogP contribution in [0.5, 0.6) is 0 Å². The first-order chi connectivity index (χ1) is 27.3. The lowest BCUT2D eigenvalue weighted by atomic mass is 9.90. The second-order valence-corrected chi connectivity index (χ2v) is 14.7. The van der Waals surface area contributed by atoms with Crippen molar-refractivity contribution in [1.29, 1.82) is 0 Å². The van der Waals surface area contributed by atoms with E-state index in [2.05, 4.69) is 163 Å². The summed E-state index contributed by atoms with van der Waals surface area (Å²) >= 11 is 1.86. The Hall–Kier alpha value is -7.01. The maximum absolute atomic E-state index is 5.33. The minimum atomic E-state index is 0.681. The molecule has 0 bridgehead atoms. The summed E-state index contributed by atoms with van der Waals surface area (Å²) in [5.41, 5.74) is 13.9. The number of fused-ring (bicyclic) bond motifs is 3. The zero-order valence-corrected chi connectivity index (χ0v) is 30.6. The van der Waals surface area contributed by atoms with Gasteiger partial charge in [0, 0.05) is 49.3 Å². The molecule has 258 valence electrons. The van der Waals surface area contributed by atoms with E-state index in [1.165, 1.54) is 42.4 Å². The minimum absolute atomic E-state index is 0.681. The molecule has 10 aromatic rings. The molecule has 0 unspecified atom stereocenters. The summed E-state index contributed by atoms with van der Waals surface area (Å²) in [5, 5.41) is 2.56. The Kier molecular flexibility index (Phi) is 8.36. The van der Waals surface area contributed by atoms with Crippen LogP contribution in [0.25, 0.3) is 98.6 Å². The van der Waals surface area contributed by atoms with E-state index in [-0.39, 0.29) is 0 Å². The molecule has 0 saturated heterocycles. The highest BCUT2D eigenvalue weighted by Gasteiger charge is 2.18. The molecule has 55 heavy (non-hydrogen) atoms. The number of pyridine rings is 1. The van der Waals surface area contributed by atoms with Crippen LogP contribution in [0.1, 0.15) is 0 Å². The summed E-state index contributed by atoms with van der Waals surface area (Å²) in [6.45, 7) is 0. The number of hydrogen-bond acceptors (Lipinski definition) is 4. The topological polar surface area (TPSA) is 38.7 Å². The second kappa shape index (κ2) is 14.1. The van der Waals surface area contributed by atoms with E-state index in [4.69, 9.17) is 9.97 Å². The van der Waals surface area contributed by atoms with Crippen LogP contribution in [0.4, 0.5) is 0 Å². The van der Waals surface area contributed by atoms with Gasteiger partial charge in [0.05, 0.1) is 11.4 Å². The van der Waals surface area contributed by atoms with Crippen molar-refractivity contribution in [2.75, 3.05) is 0 Å². The van der Waals surface area contributed by atoms with Gasteiger partial charge in [-0.3, -0.25) is 4.98 Å². The molecular formula is C51H33N3S. The van der Waals surface area contributed by atoms with Crippen molar-refractivity contribution in [2.45, 2.75) is 0 Å². The highest BCUT2D eigenvalue weighted by Crippen LogP contribution is 2.43. The summed E-state index contributed by atoms with van der Waals surface area (Å²) in [6, 6.07) is 66.7. The van der Waals surface area contributed by atoms with Crippen molar-refractivity contribution < 1.29 is 0 Å². The highest BCUT2D eigenvalue weighted by atomic mass is 32.1. The Morgan fingerprint density at radius 2 is 0.836 bits per heavy atom. The quantitative estimate of drug-likeness (QED) is 0.165. The fourth-order valence-corrected chi connectivity index (χ4v) is 8.84. The average Bonchev–Trinajstić information content (AvgIpc) is 3.66. The molecule has 0 spiro atoms. The second-order valence-electron chi connectivity index (χ2n) is 13.6. The highest BCUT2D eigenvalue weighted by molar-refractivity contribution is 7.26. The average molecular weight is 720 g/mol. The van der Waals surface area contributed by atoms with Gasteiger partial charge in [-0.25, -0.2) is 9.97 Å². The van der Waals surface area contributed by atoms with E-state index in [9.17, 15) is 0 Å². The van der Waals surface area contributed by atoms with Crippen molar-refractivity contribution in [3.05, 3.63) is 200 Å². The Morgan fingerprint density at radius 1 is 0.327 bits per heavy atom. The lowest BCUT2D eigenvalue weighted by Crippen LogP contribution is -1.98. The summed E-state index contributed by atoms with van der Waals surface area (Å²) < 4.78 is 2.57. The molecular weight excluding hydrogens is 687 g/mol. The van der Waals surface area contributed by atoms with Crippen molar-refractivity contribution >= 4 is 31.5 Å². The molecule has 0 fully saturated rings. The van der Waals surface area contributed by atoms with E-state index in [0.29, 0.717) is 5.82 Å². The molecule has 0 saturated carbocycles. The molecule has 0 atom stereocenters. The van der Waals surface area contributed by atoms with Gasteiger partial charge >= 0.3 is 0 Å². The van der Waals surface area contributed by atoms with Crippen LogP contribution in [-0.2, 0) is 0 Å². The Labute approximate surface area is 323 Å². The van der Waals surface area contributed by atoms with Crippen LogP contribution < -0.4 is 0 Å². The molecule has 0 aliphatic heterocycles. The van der Waals surface area contributed by atoms with E-state index in [1.54, 1.807) is 0 Å². The lowest BCUT2D eigenvalue weighted by Gasteiger charge is -2.16. The molecule has 4 heteroatoms. The minimum Gasteiger partial charge on any atom is -0.265 e. The van der Waals surface area contributed by atoms with Crippen LogP contribution >= 0.6 is 11.3 Å². The van der Waals surface area contributed by atoms with Crippen LogP contribution in [0.2, 0.25) is 0 Å². The first-order valence-electron chi connectivity index (χ1n) is 18.4. The maximum atomic E-state index is 5.33. The monoisotopic (exact) mass is 719 g/mol. The van der Waals surface area contributed by atoms with E-state index in [1.807, 2.05) is 54.1 Å². The summed E-state index contributed by atoms with van der Waals surface area (Å²) in [5.74, 6) is 0.681. The van der Waals surface area contributed by atoms with Gasteiger partial charge < -0.3 is 0 Å². The number of aromatic nitrogens is 3. The number of nitrogens with zero attached hydrogens (tertiary/aromatic N) is 3. The number of hydrogen-bond donors (Lipinski definition) is 0. The standard InChI is InChI=1S/C51H33N3S/c1-3-14-34(15-4-1)40-18-7-8-20-42(40)37-30-38(43-23-13-24-46-45-22-11-12-25-49(45)55-50(43)46)32-39(31-37)47-33-48(54-51(53-47)36-16-5-2-6-17-36)44-21-10-9-19-41(44)35-26-28-52-29-27-35/h1-33H. The van der Waals surface area contributed by atoms with E-state index in [0.717, 1.165) is 50.3 Å². The third-order valence-electron chi connectivity index (χ3n) is 10.2. The van der Waals surface area contributed by atoms with Crippen molar-refractivity contribution in [2.24, 2.45) is 0 Å². The Morgan fingerprint density at radius 3 is 1.58 bits per heavy atom. The summed E-state index contributed by atoms with van der Waals surface area (Å²) in [6.07, 6.45) is 3.68. The molecule has 0 aliphatic rings. The SMILES string of the molecule is c1ccc(-c2nc(-c3cc(-c4ccccc4-c4ccccc4)cc(-c4cccc5c4sc4ccccc45)c3)cc(-c3ccccc3-c3ccncc3)n2)cc1. The van der Waals surface area contributed by atoms with Crippen LogP contribution in [0, 0.1) is 0 Å². The van der Waals surface area contributed by atoms with Gasteiger partial charge in [-0.1, -0.05) is 146 Å². The molecule has 0 N–H and O–H groups in total. The first-order valence-corrected chi connectivity index (χ1v) is 19.2. The van der Waals surface area contributed by atoms with Gasteiger partial charge in [0.1, 0.15) is 0 Å². The third kappa shape index (κ3) is 6.19. The zero-order valence-electron chi connectivity index (χ0n) is 29.8. The van der Waals surface area contributed by atoms with Crippen molar-refractivity contribution in [3.63, 3.8) is 0 Å². The fourth-order valence-electron chi connectivity index (χ4n) is 7.60. The maximum Gasteiger partial charge on any atom is 0.160 e. The molecule has 0 amide bonds. The van der Waals surface area contributed by atoms with Crippen LogP contribution in [0.3, 0.4) is 0 Å². The van der Waals surface area contributed by atoms with Crippen molar-refractivity contribution in [3.8, 4) is 78.4 Å². The zero-order chi connectivity index (χ0) is 36.6. The molecule has 0 radical (unpaired) electrons. The summed E-state index contributed by atoms with van der Waals surface area (Å²) in [4.78, 5) is 14.9. The van der Waals surface area contributed by atoms with Gasteiger partial charge in [0.25, 0.3) is 0 Å². The molecule has 3 heterocycles. The number of rotatable bonds is 7. The van der Waals surface area contributed by atoms with E-state index < -0.39 is 0 Å². The molecule has 3 aromatic heterocycles. The number of thiophene rings is 1. The molecule has 3 nitrogen and oxygen atoms in total. The van der Waals surface area contributed by atoms with Gasteiger partial charge in [0.2, 0.25) is 0 Å². The van der Waals surface area contributed by atoms with E-state index >= 15 is 0 Å². The van der Waals surface area contributed by atoms with Crippen molar-refractivity contribution in [1.82, 2.24) is 15.0 Å². The fraction of sp³-hybridized carbons (Fsp3) is 0. The van der Waals surface area contributed by atoms with Gasteiger partial charge in [-0.05, 0) is 87.0 Å². The Bertz CT molecular complexity index is 2970. The molecule has 10 rings (SSSR count). The largest absolute Gasteiger partial charge is 0.265 e. The van der Waals surface area contributed by atoms with Gasteiger partial charge in [0.15, 0.2) is 5.82 Å². The Balaban J connectivity index is 1.24. The normalized spacial score (nSPS) is 11.3. The molecule has 0 aliphatic carbocycles. The summed E-state index contributed by atoms with van der Waals surface area (Å²) in [7, 11) is 0. The smallest absolute Gasteiger partial charge is 0.160 e. The molecule has 7 aromatic carbocycles. The predicted molar refractivity (Wildman–Crippen MR) is 231 cm³/mol. The van der Waals surface area contributed by atoms with Gasteiger partial charge in [-0.15, -0.1) is 11.3 Å². The predicted octanol–water partition coefficient (Wildman–Crippen LogP) is 13.9. The third-order valence-corrected chi connectivity index (χ3v) is 11.4. The van der Waals surface area contributed by atoms with Crippen LogP contribution in [-0.4, -0.2) is 15.0 Å².